The van der Waals surface area contributed by atoms with Crippen LogP contribution in [0.4, 0.5) is 5.69 Å². The molecule has 0 saturated heterocycles. The van der Waals surface area contributed by atoms with Crippen LogP contribution >= 0.6 is 0 Å². The largest absolute Gasteiger partial charge is 0.466 e. The number of fused-ring (bicyclic) bond motifs is 1. The van der Waals surface area contributed by atoms with E-state index in [9.17, 15) is 14.4 Å². The number of hydrogen-bond donors (Lipinski definition) is 0. The van der Waals surface area contributed by atoms with Crippen LogP contribution < -0.4 is 9.64 Å². The lowest BCUT2D eigenvalue weighted by Crippen LogP contribution is -2.36. The number of nitrogens with zero attached hydrogens (tertiary/aromatic N) is 1. The molecule has 0 fully saturated rings. The summed E-state index contributed by atoms with van der Waals surface area (Å²) < 4.78 is 10.3. The van der Waals surface area contributed by atoms with Gasteiger partial charge in [0, 0.05) is 18.6 Å². The molecule has 2 aromatic rings. The molecule has 0 aliphatic carbocycles. The maximum atomic E-state index is 13.4. The van der Waals surface area contributed by atoms with E-state index < -0.39 is 17.4 Å². The van der Waals surface area contributed by atoms with Gasteiger partial charge >= 0.3 is 11.9 Å². The molecule has 162 valence electrons. The van der Waals surface area contributed by atoms with Crippen LogP contribution in [0.15, 0.2) is 48.6 Å². The predicted molar refractivity (Wildman–Crippen MR) is 118 cm³/mol. The molecule has 0 saturated carbocycles. The third kappa shape index (κ3) is 4.38. The Morgan fingerprint density at radius 2 is 1.84 bits per heavy atom. The molecule has 2 aromatic carbocycles. The Labute approximate surface area is 182 Å². The predicted octanol–water partition coefficient (Wildman–Crippen LogP) is 4.02. The van der Waals surface area contributed by atoms with Gasteiger partial charge < -0.3 is 14.4 Å². The second-order valence-corrected chi connectivity index (χ2v) is 8.13. The van der Waals surface area contributed by atoms with Crippen LogP contribution in [-0.4, -0.2) is 25.0 Å². The Morgan fingerprint density at radius 3 is 2.45 bits per heavy atom. The molecule has 0 aromatic heterocycles. The van der Waals surface area contributed by atoms with Gasteiger partial charge in [0.05, 0.1) is 24.8 Å². The molecular weight excluding hydrogens is 394 g/mol. The minimum absolute atomic E-state index is 0.0508. The topological polar surface area (TPSA) is 72.9 Å². The molecule has 0 bridgehead atoms. The molecule has 1 aliphatic rings. The van der Waals surface area contributed by atoms with Crippen molar-refractivity contribution >= 4 is 23.5 Å². The summed E-state index contributed by atoms with van der Waals surface area (Å²) >= 11 is 0. The van der Waals surface area contributed by atoms with Gasteiger partial charge in [0.15, 0.2) is 0 Å². The summed E-state index contributed by atoms with van der Waals surface area (Å²) in [6.07, 6.45) is 3.35. The van der Waals surface area contributed by atoms with Crippen LogP contribution in [-0.2, 0) is 37.5 Å². The summed E-state index contributed by atoms with van der Waals surface area (Å²) in [6.45, 7) is 7.40. The van der Waals surface area contributed by atoms with E-state index in [0.29, 0.717) is 24.3 Å². The average molecular weight is 421 g/mol. The zero-order valence-corrected chi connectivity index (χ0v) is 18.5. The van der Waals surface area contributed by atoms with Crippen molar-refractivity contribution in [1.29, 1.82) is 0 Å². The van der Waals surface area contributed by atoms with Gasteiger partial charge in [-0.3, -0.25) is 9.59 Å². The van der Waals surface area contributed by atoms with E-state index in [2.05, 4.69) is 4.74 Å². The van der Waals surface area contributed by atoms with Crippen molar-refractivity contribution in [3.05, 3.63) is 70.8 Å². The highest BCUT2D eigenvalue weighted by molar-refractivity contribution is 6.09. The summed E-state index contributed by atoms with van der Waals surface area (Å²) in [6, 6.07) is 11.7. The molecule has 0 N–H and O–H groups in total. The minimum atomic E-state index is -0.873. The fourth-order valence-corrected chi connectivity index (χ4v) is 4.01. The van der Waals surface area contributed by atoms with Crippen molar-refractivity contribution in [3.8, 4) is 5.75 Å². The van der Waals surface area contributed by atoms with Crippen molar-refractivity contribution in [3.63, 3.8) is 0 Å². The summed E-state index contributed by atoms with van der Waals surface area (Å²) in [5, 5.41) is 0. The highest BCUT2D eigenvalue weighted by atomic mass is 16.5. The van der Waals surface area contributed by atoms with Gasteiger partial charge in [-0.05, 0) is 49.9 Å². The minimum Gasteiger partial charge on any atom is -0.466 e. The van der Waals surface area contributed by atoms with E-state index >= 15 is 0 Å². The molecule has 1 amide bonds. The Bertz CT molecular complexity index is 1050. The van der Waals surface area contributed by atoms with Gasteiger partial charge in [0.25, 0.3) is 0 Å². The highest BCUT2D eigenvalue weighted by Crippen LogP contribution is 2.50. The molecule has 1 heterocycles. The first-order chi connectivity index (χ1) is 14.7. The van der Waals surface area contributed by atoms with E-state index in [0.717, 1.165) is 22.4 Å². The molecule has 0 spiro atoms. The number of rotatable bonds is 6. The van der Waals surface area contributed by atoms with Crippen molar-refractivity contribution < 1.29 is 23.9 Å². The SMILES string of the molecule is COC(=O)C=CCc1cc(C)c2c(c1OC(C)=O)C(C)(C)C(=O)N2Cc1ccccc1. The van der Waals surface area contributed by atoms with Crippen molar-refractivity contribution in [2.24, 2.45) is 0 Å². The first-order valence-corrected chi connectivity index (χ1v) is 10.1. The van der Waals surface area contributed by atoms with Gasteiger partial charge in [-0.2, -0.15) is 0 Å². The van der Waals surface area contributed by atoms with Crippen LogP contribution in [0.25, 0.3) is 0 Å². The van der Waals surface area contributed by atoms with Crippen molar-refractivity contribution in [2.45, 2.75) is 46.1 Å². The number of carbonyl (C=O) groups excluding carboxylic acids is 3. The summed E-state index contributed by atoms with van der Waals surface area (Å²) in [4.78, 5) is 38.6. The van der Waals surface area contributed by atoms with E-state index in [1.165, 1.54) is 20.1 Å². The second-order valence-electron chi connectivity index (χ2n) is 8.13. The van der Waals surface area contributed by atoms with E-state index in [4.69, 9.17) is 4.74 Å². The monoisotopic (exact) mass is 421 g/mol. The number of anilines is 1. The Morgan fingerprint density at radius 1 is 1.16 bits per heavy atom. The van der Waals surface area contributed by atoms with Gasteiger partial charge in [0.1, 0.15) is 5.75 Å². The number of esters is 2. The quantitative estimate of drug-likeness (QED) is 0.400. The second kappa shape index (κ2) is 8.76. The summed E-state index contributed by atoms with van der Waals surface area (Å²) in [5.74, 6) is -0.591. The Kier molecular flexibility index (Phi) is 6.29. The van der Waals surface area contributed by atoms with Crippen molar-refractivity contribution in [1.82, 2.24) is 0 Å². The first kappa shape index (κ1) is 22.3. The molecule has 0 radical (unpaired) electrons. The molecule has 3 rings (SSSR count). The van der Waals surface area contributed by atoms with Gasteiger partial charge in [-0.1, -0.05) is 36.4 Å². The third-order valence-electron chi connectivity index (χ3n) is 5.42. The fraction of sp³-hybridized carbons (Fsp3) is 0.320. The molecule has 6 heteroatoms. The number of aryl methyl sites for hydroxylation is 1. The third-order valence-corrected chi connectivity index (χ3v) is 5.42. The zero-order chi connectivity index (χ0) is 22.8. The smallest absolute Gasteiger partial charge is 0.330 e. The Balaban J connectivity index is 2.14. The van der Waals surface area contributed by atoms with Crippen LogP contribution in [0.2, 0.25) is 0 Å². The van der Waals surface area contributed by atoms with Crippen LogP contribution in [0, 0.1) is 6.92 Å². The fourth-order valence-electron chi connectivity index (χ4n) is 4.01. The molecule has 0 unspecified atom stereocenters. The standard InChI is InChI=1S/C25H27NO5/c1-16-14-19(12-9-13-20(28)30-5)23(31-17(2)27)21-22(16)26(24(29)25(21,3)4)15-18-10-7-6-8-11-18/h6-11,13-14H,12,15H2,1-5H3. The van der Waals surface area contributed by atoms with Gasteiger partial charge in [-0.25, -0.2) is 4.79 Å². The van der Waals surface area contributed by atoms with Gasteiger partial charge in [0.2, 0.25) is 5.91 Å². The van der Waals surface area contributed by atoms with E-state index in [1.54, 1.807) is 11.0 Å². The lowest BCUT2D eigenvalue weighted by molar-refractivity contribution is -0.135. The molecular formula is C25H27NO5. The summed E-state index contributed by atoms with van der Waals surface area (Å²) in [7, 11) is 1.31. The number of ether oxygens (including phenoxy) is 2. The lowest BCUT2D eigenvalue weighted by atomic mass is 9.83. The summed E-state index contributed by atoms with van der Waals surface area (Å²) in [5.41, 5.74) is 3.25. The molecule has 31 heavy (non-hydrogen) atoms. The molecule has 0 atom stereocenters. The number of carbonyl (C=O) groups is 3. The normalized spacial score (nSPS) is 14.6. The Hall–Kier alpha value is -3.41. The number of allylic oxidation sites excluding steroid dienone is 1. The number of hydrogen-bond acceptors (Lipinski definition) is 5. The average Bonchev–Trinajstić information content (AvgIpc) is 2.92. The van der Waals surface area contributed by atoms with Crippen LogP contribution in [0.3, 0.4) is 0 Å². The van der Waals surface area contributed by atoms with Gasteiger partial charge in [-0.15, -0.1) is 0 Å². The van der Waals surface area contributed by atoms with E-state index in [1.807, 2.05) is 57.2 Å². The first-order valence-electron chi connectivity index (χ1n) is 10.1. The zero-order valence-electron chi connectivity index (χ0n) is 18.5. The van der Waals surface area contributed by atoms with Crippen molar-refractivity contribution in [2.75, 3.05) is 12.0 Å². The van der Waals surface area contributed by atoms with Crippen LogP contribution in [0.5, 0.6) is 5.75 Å². The number of methoxy groups -OCH3 is 1. The maximum absolute atomic E-state index is 13.4. The van der Waals surface area contributed by atoms with Crippen LogP contribution in [0.1, 0.15) is 43.0 Å². The molecule has 1 aliphatic heterocycles. The lowest BCUT2D eigenvalue weighted by Gasteiger charge is -2.21. The number of amides is 1. The van der Waals surface area contributed by atoms with E-state index in [-0.39, 0.29) is 5.91 Å². The highest BCUT2D eigenvalue weighted by Gasteiger charge is 2.47. The maximum Gasteiger partial charge on any atom is 0.330 e. The molecule has 6 nitrogen and oxygen atoms in total. The number of benzene rings is 2.